The summed E-state index contributed by atoms with van der Waals surface area (Å²) in [7, 11) is 0. The average molecular weight is 375 g/mol. The second-order valence-corrected chi connectivity index (χ2v) is 7.86. The van der Waals surface area contributed by atoms with Gasteiger partial charge in [-0.15, -0.1) is 0 Å². The van der Waals surface area contributed by atoms with E-state index in [0.29, 0.717) is 22.2 Å². The molecule has 1 N–H and O–H groups in total. The number of hydrogen-bond donors (Lipinski definition) is 1. The molecule has 0 saturated carbocycles. The molecule has 2 aliphatic rings. The van der Waals surface area contributed by atoms with E-state index in [4.69, 9.17) is 27.9 Å². The van der Waals surface area contributed by atoms with Crippen LogP contribution in [0.15, 0.2) is 18.2 Å². The maximum atomic E-state index is 12.4. The summed E-state index contributed by atoms with van der Waals surface area (Å²) in [5.41, 5.74) is 0.586. The number of rotatable bonds is 4. The topological polar surface area (TPSA) is 41.6 Å². The lowest BCUT2D eigenvalue weighted by Crippen LogP contribution is -2.59. The van der Waals surface area contributed by atoms with Gasteiger partial charge in [-0.3, -0.25) is 9.69 Å². The number of nitrogens with one attached hydrogen (secondary N) is 1. The number of amides is 1. The largest absolute Gasteiger partial charge is 0.379 e. The summed E-state index contributed by atoms with van der Waals surface area (Å²) in [6, 6.07) is 4.97. The molecule has 2 heterocycles. The minimum atomic E-state index is -0.104. The van der Waals surface area contributed by atoms with Crippen LogP contribution in [0.3, 0.4) is 0 Å². The minimum absolute atomic E-state index is 0.0420. The van der Waals surface area contributed by atoms with E-state index in [0.717, 1.165) is 44.2 Å². The first-order valence-electron chi connectivity index (χ1n) is 7.75. The third-order valence-corrected chi connectivity index (χ3v) is 6.50. The lowest BCUT2D eigenvalue weighted by Gasteiger charge is -2.43. The number of hydrogen-bond acceptors (Lipinski definition) is 4. The Hall–Kier alpha value is -0.460. The second kappa shape index (κ2) is 7.62. The van der Waals surface area contributed by atoms with Gasteiger partial charge in [-0.25, -0.2) is 0 Å². The number of benzene rings is 1. The van der Waals surface area contributed by atoms with Crippen LogP contribution >= 0.6 is 35.0 Å². The van der Waals surface area contributed by atoms with Crippen LogP contribution in [0.5, 0.6) is 0 Å². The molecule has 0 bridgehead atoms. The van der Waals surface area contributed by atoms with E-state index in [2.05, 4.69) is 10.2 Å². The van der Waals surface area contributed by atoms with Crippen molar-refractivity contribution in [2.75, 3.05) is 44.4 Å². The van der Waals surface area contributed by atoms with Crippen molar-refractivity contribution in [2.45, 2.75) is 12.0 Å². The number of carbonyl (C=O) groups is 1. The maximum absolute atomic E-state index is 12.4. The van der Waals surface area contributed by atoms with Crippen molar-refractivity contribution in [2.24, 2.45) is 0 Å². The third-order valence-electron chi connectivity index (χ3n) is 4.52. The number of carbonyl (C=O) groups excluding carboxylic acids is 1. The van der Waals surface area contributed by atoms with Gasteiger partial charge in [-0.2, -0.15) is 11.8 Å². The highest BCUT2D eigenvalue weighted by Gasteiger charge is 2.40. The van der Waals surface area contributed by atoms with E-state index in [1.54, 1.807) is 18.2 Å². The molecular weight excluding hydrogens is 355 g/mol. The van der Waals surface area contributed by atoms with Gasteiger partial charge in [0.2, 0.25) is 0 Å². The Morgan fingerprint density at radius 3 is 2.74 bits per heavy atom. The van der Waals surface area contributed by atoms with E-state index >= 15 is 0 Å². The summed E-state index contributed by atoms with van der Waals surface area (Å²) in [5.74, 6) is 2.09. The van der Waals surface area contributed by atoms with Crippen LogP contribution in [-0.2, 0) is 4.74 Å². The lowest BCUT2D eigenvalue weighted by atomic mass is 9.95. The van der Waals surface area contributed by atoms with Crippen LogP contribution < -0.4 is 5.32 Å². The molecule has 0 aliphatic carbocycles. The van der Waals surface area contributed by atoms with E-state index < -0.39 is 0 Å². The van der Waals surface area contributed by atoms with Gasteiger partial charge in [0.15, 0.2) is 0 Å². The van der Waals surface area contributed by atoms with Crippen molar-refractivity contribution in [1.82, 2.24) is 10.2 Å². The molecule has 1 atom stereocenters. The van der Waals surface area contributed by atoms with Crippen LogP contribution in [-0.4, -0.2) is 60.7 Å². The van der Waals surface area contributed by atoms with Gasteiger partial charge in [-0.1, -0.05) is 23.2 Å². The van der Waals surface area contributed by atoms with Crippen LogP contribution in [0.2, 0.25) is 10.0 Å². The zero-order chi connectivity index (χ0) is 16.3. The van der Waals surface area contributed by atoms with Crippen molar-refractivity contribution < 1.29 is 9.53 Å². The first kappa shape index (κ1) is 17.4. The molecule has 1 amide bonds. The fraction of sp³-hybridized carbons (Fsp3) is 0.562. The SMILES string of the molecule is O=C(NCC1(N2CCOCC2)CCSC1)c1ccc(Cl)c(Cl)c1. The van der Waals surface area contributed by atoms with Gasteiger partial charge in [-0.05, 0) is 30.4 Å². The van der Waals surface area contributed by atoms with Crippen molar-refractivity contribution in [3.63, 3.8) is 0 Å². The average Bonchev–Trinajstić information content (AvgIpc) is 3.06. The van der Waals surface area contributed by atoms with Crippen molar-refractivity contribution >= 4 is 40.9 Å². The minimum Gasteiger partial charge on any atom is -0.379 e. The molecule has 23 heavy (non-hydrogen) atoms. The van der Waals surface area contributed by atoms with Crippen molar-refractivity contribution in [3.05, 3.63) is 33.8 Å². The van der Waals surface area contributed by atoms with E-state index in [1.807, 2.05) is 11.8 Å². The van der Waals surface area contributed by atoms with Gasteiger partial charge in [0.1, 0.15) is 0 Å². The number of ether oxygens (including phenoxy) is 1. The Balaban J connectivity index is 1.66. The molecule has 0 spiro atoms. The summed E-state index contributed by atoms with van der Waals surface area (Å²) in [5, 5.41) is 3.95. The summed E-state index contributed by atoms with van der Waals surface area (Å²) in [6.45, 7) is 4.06. The van der Waals surface area contributed by atoms with Gasteiger partial charge >= 0.3 is 0 Å². The molecule has 1 aromatic carbocycles. The van der Waals surface area contributed by atoms with Gasteiger partial charge < -0.3 is 10.1 Å². The maximum Gasteiger partial charge on any atom is 0.251 e. The quantitative estimate of drug-likeness (QED) is 0.879. The molecule has 2 saturated heterocycles. The van der Waals surface area contributed by atoms with Gasteiger partial charge in [0.05, 0.1) is 23.3 Å². The summed E-state index contributed by atoms with van der Waals surface area (Å²) in [4.78, 5) is 14.9. The molecule has 2 fully saturated rings. The van der Waals surface area contributed by atoms with Crippen molar-refractivity contribution in [1.29, 1.82) is 0 Å². The Bertz CT molecular complexity index is 573. The first-order valence-corrected chi connectivity index (χ1v) is 9.66. The number of nitrogens with zero attached hydrogens (tertiary/aromatic N) is 1. The number of thioether (sulfide) groups is 1. The molecule has 0 radical (unpaired) electrons. The van der Waals surface area contributed by atoms with E-state index in [-0.39, 0.29) is 11.4 Å². The van der Waals surface area contributed by atoms with Crippen molar-refractivity contribution in [3.8, 4) is 0 Å². The fourth-order valence-corrected chi connectivity index (χ4v) is 4.89. The van der Waals surface area contributed by atoms with Crippen LogP contribution in [0, 0.1) is 0 Å². The molecule has 0 aromatic heterocycles. The Morgan fingerprint density at radius 2 is 2.09 bits per heavy atom. The van der Waals surface area contributed by atoms with Crippen LogP contribution in [0.25, 0.3) is 0 Å². The predicted molar refractivity (Wildman–Crippen MR) is 95.9 cm³/mol. The summed E-state index contributed by atoms with van der Waals surface area (Å²) in [6.07, 6.45) is 1.10. The molecule has 3 rings (SSSR count). The van der Waals surface area contributed by atoms with Crippen LogP contribution in [0.1, 0.15) is 16.8 Å². The molecule has 126 valence electrons. The van der Waals surface area contributed by atoms with Gasteiger partial charge in [0.25, 0.3) is 5.91 Å². The molecule has 1 aromatic rings. The Morgan fingerprint density at radius 1 is 1.30 bits per heavy atom. The highest BCUT2D eigenvalue weighted by atomic mass is 35.5. The summed E-state index contributed by atoms with van der Waals surface area (Å²) < 4.78 is 5.46. The van der Waals surface area contributed by atoms with Crippen LogP contribution in [0.4, 0.5) is 0 Å². The van der Waals surface area contributed by atoms with E-state index in [9.17, 15) is 4.79 Å². The molecular formula is C16H20Cl2N2O2S. The van der Waals surface area contributed by atoms with E-state index in [1.165, 1.54) is 0 Å². The third kappa shape index (κ3) is 3.97. The predicted octanol–water partition coefficient (Wildman–Crippen LogP) is 2.93. The molecule has 7 heteroatoms. The molecule has 1 unspecified atom stereocenters. The zero-order valence-corrected chi connectivity index (χ0v) is 15.1. The standard InChI is InChI=1S/C16H20Cl2N2O2S/c17-13-2-1-12(9-14(13)18)15(21)19-10-16(3-8-23-11-16)20-4-6-22-7-5-20/h1-2,9H,3-8,10-11H2,(H,19,21). The second-order valence-electron chi connectivity index (χ2n) is 5.94. The number of morpholine rings is 1. The Labute approximate surface area is 150 Å². The Kier molecular flexibility index (Phi) is 5.75. The van der Waals surface area contributed by atoms with Gasteiger partial charge in [0, 0.05) is 36.5 Å². The monoisotopic (exact) mass is 374 g/mol. The lowest BCUT2D eigenvalue weighted by molar-refractivity contribution is -0.0129. The molecule has 4 nitrogen and oxygen atoms in total. The first-order chi connectivity index (χ1) is 11.1. The smallest absolute Gasteiger partial charge is 0.251 e. The highest BCUT2D eigenvalue weighted by molar-refractivity contribution is 7.99. The molecule has 2 aliphatic heterocycles. The fourth-order valence-electron chi connectivity index (χ4n) is 3.12. The normalized spacial score (nSPS) is 25.5. The summed E-state index contributed by atoms with van der Waals surface area (Å²) >= 11 is 13.9. The zero-order valence-electron chi connectivity index (χ0n) is 12.8. The highest BCUT2D eigenvalue weighted by Crippen LogP contribution is 2.33. The number of halogens is 2.